The molecule has 36 heavy (non-hydrogen) atoms. The topological polar surface area (TPSA) is 56.6 Å². The average Bonchev–Trinajstić information content (AvgIpc) is 3.16. The Morgan fingerprint density at radius 2 is 1.81 bits per heavy atom. The number of amides is 1. The predicted octanol–water partition coefficient (Wildman–Crippen LogP) is 6.19. The molecule has 1 amide bonds. The Morgan fingerprint density at radius 1 is 1.06 bits per heavy atom. The zero-order valence-electron chi connectivity index (χ0n) is 19.7. The van der Waals surface area contributed by atoms with Crippen molar-refractivity contribution in [3.05, 3.63) is 106 Å². The van der Waals surface area contributed by atoms with Crippen LogP contribution in [0.15, 0.2) is 72.8 Å². The Hall–Kier alpha value is -3.75. The van der Waals surface area contributed by atoms with Crippen molar-refractivity contribution in [3.63, 3.8) is 0 Å². The zero-order chi connectivity index (χ0) is 25.7. The Morgan fingerprint density at radius 3 is 2.50 bits per heavy atom. The van der Waals surface area contributed by atoms with Crippen LogP contribution in [0.1, 0.15) is 21.6 Å². The molecule has 0 saturated heterocycles. The average molecular weight is 512 g/mol. The number of carbonyl (C=O) groups is 1. The summed E-state index contributed by atoms with van der Waals surface area (Å²) in [5.74, 6) is -1.02. The Bertz CT molecular complexity index is 1360. The van der Waals surface area contributed by atoms with Gasteiger partial charge in [-0.15, -0.1) is 0 Å². The van der Waals surface area contributed by atoms with Gasteiger partial charge >= 0.3 is 0 Å². The van der Waals surface area contributed by atoms with Crippen LogP contribution >= 0.6 is 11.6 Å². The number of halogens is 3. The molecule has 4 rings (SSSR count). The number of methoxy groups -OCH3 is 1. The van der Waals surface area contributed by atoms with Gasteiger partial charge in [0.15, 0.2) is 0 Å². The third-order valence-electron chi connectivity index (χ3n) is 5.52. The van der Waals surface area contributed by atoms with Gasteiger partial charge in [0.1, 0.15) is 17.4 Å². The summed E-state index contributed by atoms with van der Waals surface area (Å²) in [5.41, 5.74) is 1.77. The molecule has 0 radical (unpaired) electrons. The second kappa shape index (κ2) is 11.3. The highest BCUT2D eigenvalue weighted by molar-refractivity contribution is 6.30. The van der Waals surface area contributed by atoms with E-state index in [1.165, 1.54) is 48.4 Å². The summed E-state index contributed by atoms with van der Waals surface area (Å²) < 4.78 is 41.2. The van der Waals surface area contributed by atoms with Crippen molar-refractivity contribution in [2.75, 3.05) is 20.3 Å². The van der Waals surface area contributed by atoms with E-state index in [1.807, 2.05) is 0 Å². The van der Waals surface area contributed by atoms with Crippen LogP contribution in [0.25, 0.3) is 5.69 Å². The molecule has 0 unspecified atom stereocenters. The maximum absolute atomic E-state index is 14.4. The highest BCUT2D eigenvalue weighted by atomic mass is 35.5. The molecule has 0 fully saturated rings. The van der Waals surface area contributed by atoms with E-state index >= 15 is 0 Å². The van der Waals surface area contributed by atoms with Gasteiger partial charge < -0.3 is 14.4 Å². The fourth-order valence-electron chi connectivity index (χ4n) is 3.67. The third-order valence-corrected chi connectivity index (χ3v) is 5.78. The molecule has 4 aromatic rings. The Balaban J connectivity index is 1.78. The zero-order valence-corrected chi connectivity index (χ0v) is 20.5. The van der Waals surface area contributed by atoms with Gasteiger partial charge in [-0.2, -0.15) is 5.10 Å². The molecular weight excluding hydrogens is 488 g/mol. The normalized spacial score (nSPS) is 10.9. The van der Waals surface area contributed by atoms with Crippen LogP contribution in [-0.2, 0) is 11.3 Å². The minimum absolute atomic E-state index is 0.0519. The monoisotopic (exact) mass is 511 g/mol. The molecule has 9 heteroatoms. The lowest BCUT2D eigenvalue weighted by atomic mass is 10.1. The van der Waals surface area contributed by atoms with Crippen LogP contribution in [0.3, 0.4) is 0 Å². The molecule has 0 spiro atoms. The van der Waals surface area contributed by atoms with E-state index < -0.39 is 17.5 Å². The first-order chi connectivity index (χ1) is 17.4. The minimum Gasteiger partial charge on any atom is -0.438 e. The Labute approximate surface area is 212 Å². The van der Waals surface area contributed by atoms with Gasteiger partial charge in [0.05, 0.1) is 35.7 Å². The molecule has 1 heterocycles. The number of hydrogen-bond donors (Lipinski definition) is 0. The largest absolute Gasteiger partial charge is 0.438 e. The van der Waals surface area contributed by atoms with Gasteiger partial charge in [0, 0.05) is 24.7 Å². The molecule has 0 N–H and O–H groups in total. The first-order valence-corrected chi connectivity index (χ1v) is 11.6. The van der Waals surface area contributed by atoms with Crippen molar-refractivity contribution < 1.29 is 23.0 Å². The van der Waals surface area contributed by atoms with E-state index in [0.717, 1.165) is 0 Å². The highest BCUT2D eigenvalue weighted by Crippen LogP contribution is 2.32. The number of hydrogen-bond acceptors (Lipinski definition) is 4. The second-order valence-corrected chi connectivity index (χ2v) is 8.45. The van der Waals surface area contributed by atoms with Gasteiger partial charge in [-0.1, -0.05) is 29.8 Å². The second-order valence-electron chi connectivity index (χ2n) is 8.02. The van der Waals surface area contributed by atoms with Crippen LogP contribution in [0.4, 0.5) is 8.78 Å². The van der Waals surface area contributed by atoms with E-state index in [9.17, 15) is 13.6 Å². The molecular formula is C27H24ClF2N3O3. The van der Waals surface area contributed by atoms with Gasteiger partial charge in [0.2, 0.25) is 5.88 Å². The lowest BCUT2D eigenvalue weighted by Gasteiger charge is -2.23. The van der Waals surface area contributed by atoms with Crippen LogP contribution in [-0.4, -0.2) is 40.8 Å². The molecule has 6 nitrogen and oxygen atoms in total. The number of ether oxygens (including phenoxy) is 2. The van der Waals surface area contributed by atoms with Crippen molar-refractivity contribution in [1.29, 1.82) is 0 Å². The van der Waals surface area contributed by atoms with Crippen molar-refractivity contribution in [2.24, 2.45) is 0 Å². The van der Waals surface area contributed by atoms with E-state index in [0.29, 0.717) is 27.8 Å². The molecule has 0 atom stereocenters. The van der Waals surface area contributed by atoms with Crippen molar-refractivity contribution >= 4 is 17.5 Å². The molecule has 0 aliphatic heterocycles. The van der Waals surface area contributed by atoms with Crippen LogP contribution in [0.2, 0.25) is 5.02 Å². The third kappa shape index (κ3) is 5.72. The number of aryl methyl sites for hydroxylation is 1. The summed E-state index contributed by atoms with van der Waals surface area (Å²) in [7, 11) is 1.52. The Kier molecular flexibility index (Phi) is 7.97. The molecule has 0 bridgehead atoms. The van der Waals surface area contributed by atoms with E-state index in [4.69, 9.17) is 21.1 Å². The summed E-state index contributed by atoms with van der Waals surface area (Å²) in [6, 6.07) is 18.5. The number of aromatic nitrogens is 2. The maximum Gasteiger partial charge on any atom is 0.257 e. The summed E-state index contributed by atoms with van der Waals surface area (Å²) >= 11 is 6.06. The lowest BCUT2D eigenvalue weighted by Crippen LogP contribution is -2.34. The summed E-state index contributed by atoms with van der Waals surface area (Å²) in [5, 5.41) is 5.18. The smallest absolute Gasteiger partial charge is 0.257 e. The number of rotatable bonds is 9. The van der Waals surface area contributed by atoms with Crippen molar-refractivity contribution in [3.8, 4) is 17.3 Å². The van der Waals surface area contributed by atoms with Crippen molar-refractivity contribution in [2.45, 2.75) is 13.5 Å². The first kappa shape index (κ1) is 25.3. The summed E-state index contributed by atoms with van der Waals surface area (Å²) in [4.78, 5) is 14.8. The quantitative estimate of drug-likeness (QED) is 0.269. The molecule has 0 aliphatic rings. The number of nitrogens with zero attached hydrogens (tertiary/aromatic N) is 3. The van der Waals surface area contributed by atoms with Gasteiger partial charge in [-0.3, -0.25) is 4.79 Å². The van der Waals surface area contributed by atoms with Gasteiger partial charge in [-0.05, 0) is 55.5 Å². The molecule has 0 aliphatic carbocycles. The van der Waals surface area contributed by atoms with Crippen LogP contribution in [0.5, 0.6) is 11.6 Å². The van der Waals surface area contributed by atoms with Gasteiger partial charge in [-0.25, -0.2) is 13.5 Å². The fourth-order valence-corrected chi connectivity index (χ4v) is 3.80. The minimum atomic E-state index is -0.616. The molecule has 1 aromatic heterocycles. The maximum atomic E-state index is 14.4. The van der Waals surface area contributed by atoms with E-state index in [2.05, 4.69) is 5.10 Å². The van der Waals surface area contributed by atoms with E-state index in [1.54, 1.807) is 48.0 Å². The summed E-state index contributed by atoms with van der Waals surface area (Å²) in [6.07, 6.45) is 0. The molecule has 3 aromatic carbocycles. The standard InChI is InChI=1S/C27H24ClF2N3O3/c1-18-24(17-32(14-15-35-2)26(34)23-8-3-4-9-25(23)30)27(36-22-7-5-6-20(29)16-22)33(31-18)21-12-10-19(28)11-13-21/h3-13,16H,14-15,17H2,1-2H3. The number of carbonyl (C=O) groups excluding carboxylic acids is 1. The van der Waals surface area contributed by atoms with Gasteiger partial charge in [0.25, 0.3) is 5.91 Å². The van der Waals surface area contributed by atoms with E-state index in [-0.39, 0.29) is 31.0 Å². The summed E-state index contributed by atoms with van der Waals surface area (Å²) in [6.45, 7) is 2.28. The van der Waals surface area contributed by atoms with Crippen molar-refractivity contribution in [1.82, 2.24) is 14.7 Å². The molecule has 0 saturated carbocycles. The highest BCUT2D eigenvalue weighted by Gasteiger charge is 2.25. The number of benzene rings is 3. The first-order valence-electron chi connectivity index (χ1n) is 11.2. The predicted molar refractivity (Wildman–Crippen MR) is 133 cm³/mol. The van der Waals surface area contributed by atoms with Crippen LogP contribution in [0, 0.1) is 18.6 Å². The lowest BCUT2D eigenvalue weighted by molar-refractivity contribution is 0.0674. The molecule has 186 valence electrons. The fraction of sp³-hybridized carbons (Fsp3) is 0.185. The SMILES string of the molecule is COCCN(Cc1c(C)nn(-c2ccc(Cl)cc2)c1Oc1cccc(F)c1)C(=O)c1ccccc1F. The van der Waals surface area contributed by atoms with Crippen LogP contribution < -0.4 is 4.74 Å².